The number of rotatable bonds is 6. The van der Waals surface area contributed by atoms with Gasteiger partial charge in [-0.1, -0.05) is 61.3 Å². The molecule has 0 saturated carbocycles. The number of thioether (sulfide) groups is 1. The Kier molecular flexibility index (Phi) is 6.16. The van der Waals surface area contributed by atoms with Crippen molar-refractivity contribution in [1.29, 1.82) is 0 Å². The van der Waals surface area contributed by atoms with Crippen LogP contribution >= 0.6 is 23.4 Å². The topological polar surface area (TPSA) is 12.0 Å². The lowest BCUT2D eigenvalue weighted by Gasteiger charge is -2.11. The second-order valence-electron chi connectivity index (χ2n) is 5.57. The molecular formula is C18H22ClNS. The van der Waals surface area contributed by atoms with Crippen LogP contribution in [0.25, 0.3) is 0 Å². The van der Waals surface area contributed by atoms with Crippen molar-refractivity contribution in [1.82, 2.24) is 5.32 Å². The van der Waals surface area contributed by atoms with Crippen molar-refractivity contribution in [2.45, 2.75) is 44.0 Å². The molecule has 1 N–H and O–H groups in total. The zero-order valence-electron chi connectivity index (χ0n) is 12.8. The number of nitrogens with one attached hydrogen (secondary N) is 1. The van der Waals surface area contributed by atoms with Crippen LogP contribution in [0.2, 0.25) is 5.02 Å². The fourth-order valence-electron chi connectivity index (χ4n) is 2.04. The van der Waals surface area contributed by atoms with Gasteiger partial charge in [0.25, 0.3) is 0 Å². The standard InChI is InChI=1S/C18H22ClNS/c1-13(2)20-11-16-7-8-17(10-18(16)19)21-12-15-6-4-5-14(3)9-15/h4-10,13,20H,11-12H2,1-3H3. The Labute approximate surface area is 137 Å². The van der Waals surface area contributed by atoms with Crippen LogP contribution in [-0.4, -0.2) is 6.04 Å². The Morgan fingerprint density at radius 1 is 1.14 bits per heavy atom. The molecule has 0 heterocycles. The average molecular weight is 320 g/mol. The lowest BCUT2D eigenvalue weighted by Crippen LogP contribution is -2.21. The molecule has 0 atom stereocenters. The Morgan fingerprint density at radius 3 is 2.62 bits per heavy atom. The number of benzene rings is 2. The third-order valence-corrected chi connectivity index (χ3v) is 4.63. The number of hydrogen-bond acceptors (Lipinski definition) is 2. The van der Waals surface area contributed by atoms with Crippen molar-refractivity contribution in [2.75, 3.05) is 0 Å². The SMILES string of the molecule is Cc1cccc(CSc2ccc(CNC(C)C)c(Cl)c2)c1. The van der Waals surface area contributed by atoms with Crippen molar-refractivity contribution in [3.8, 4) is 0 Å². The predicted molar refractivity (Wildman–Crippen MR) is 94.2 cm³/mol. The van der Waals surface area contributed by atoms with E-state index in [0.717, 1.165) is 22.9 Å². The molecule has 3 heteroatoms. The summed E-state index contributed by atoms with van der Waals surface area (Å²) in [6.45, 7) is 7.22. The minimum absolute atomic E-state index is 0.469. The fourth-order valence-corrected chi connectivity index (χ4v) is 3.23. The van der Waals surface area contributed by atoms with Crippen LogP contribution in [0.1, 0.15) is 30.5 Å². The molecule has 0 fully saturated rings. The smallest absolute Gasteiger partial charge is 0.0462 e. The zero-order valence-corrected chi connectivity index (χ0v) is 14.4. The molecule has 1 nitrogen and oxygen atoms in total. The quantitative estimate of drug-likeness (QED) is 0.712. The summed E-state index contributed by atoms with van der Waals surface area (Å²) in [4.78, 5) is 1.22. The number of aryl methyl sites for hydroxylation is 1. The summed E-state index contributed by atoms with van der Waals surface area (Å²) in [5.74, 6) is 0.974. The minimum atomic E-state index is 0.469. The van der Waals surface area contributed by atoms with Gasteiger partial charge in [-0.3, -0.25) is 0 Å². The maximum absolute atomic E-state index is 6.37. The molecule has 2 aromatic rings. The van der Waals surface area contributed by atoms with Gasteiger partial charge in [0.05, 0.1) is 0 Å². The molecule has 0 bridgehead atoms. The van der Waals surface area contributed by atoms with Crippen LogP contribution in [0.5, 0.6) is 0 Å². The molecule has 112 valence electrons. The van der Waals surface area contributed by atoms with Crippen LogP contribution in [0, 0.1) is 6.92 Å². The van der Waals surface area contributed by atoms with Gasteiger partial charge in [-0.25, -0.2) is 0 Å². The summed E-state index contributed by atoms with van der Waals surface area (Å²) in [7, 11) is 0. The molecule has 0 saturated heterocycles. The minimum Gasteiger partial charge on any atom is -0.310 e. The first-order chi connectivity index (χ1) is 10.0. The van der Waals surface area contributed by atoms with Crippen LogP contribution in [0.4, 0.5) is 0 Å². The first-order valence-corrected chi connectivity index (χ1v) is 8.61. The molecule has 2 rings (SSSR count). The summed E-state index contributed by atoms with van der Waals surface area (Å²) in [5, 5.41) is 4.24. The Bertz CT molecular complexity index is 596. The highest BCUT2D eigenvalue weighted by Crippen LogP contribution is 2.27. The monoisotopic (exact) mass is 319 g/mol. The van der Waals surface area contributed by atoms with Crippen molar-refractivity contribution < 1.29 is 0 Å². The van der Waals surface area contributed by atoms with Gasteiger partial charge < -0.3 is 5.32 Å². The molecule has 0 radical (unpaired) electrons. The molecule has 21 heavy (non-hydrogen) atoms. The van der Waals surface area contributed by atoms with E-state index >= 15 is 0 Å². The van der Waals surface area contributed by atoms with Gasteiger partial charge in [0, 0.05) is 28.3 Å². The third-order valence-electron chi connectivity index (χ3n) is 3.21. The van der Waals surface area contributed by atoms with E-state index < -0.39 is 0 Å². The third kappa shape index (κ3) is 5.39. The lowest BCUT2D eigenvalue weighted by atomic mass is 10.2. The van der Waals surface area contributed by atoms with E-state index in [4.69, 9.17) is 11.6 Å². The molecule has 0 aliphatic rings. The van der Waals surface area contributed by atoms with Crippen molar-refractivity contribution in [3.05, 3.63) is 64.2 Å². The summed E-state index contributed by atoms with van der Waals surface area (Å²) in [6.07, 6.45) is 0. The van der Waals surface area contributed by atoms with Gasteiger partial charge in [0.15, 0.2) is 0 Å². The maximum Gasteiger partial charge on any atom is 0.0462 e. The molecular weight excluding hydrogens is 298 g/mol. The summed E-state index contributed by atoms with van der Waals surface area (Å²) in [5.41, 5.74) is 3.81. The number of hydrogen-bond donors (Lipinski definition) is 1. The van der Waals surface area contributed by atoms with Gasteiger partial charge in [-0.15, -0.1) is 11.8 Å². The molecule has 0 aliphatic heterocycles. The molecule has 2 aromatic carbocycles. The Morgan fingerprint density at radius 2 is 1.95 bits per heavy atom. The first-order valence-electron chi connectivity index (χ1n) is 7.25. The van der Waals surface area contributed by atoms with Crippen molar-refractivity contribution >= 4 is 23.4 Å². The molecule has 0 spiro atoms. The van der Waals surface area contributed by atoms with Crippen LogP contribution < -0.4 is 5.32 Å². The molecule has 0 unspecified atom stereocenters. The fraction of sp³-hybridized carbons (Fsp3) is 0.333. The molecule has 0 aromatic heterocycles. The van der Waals surface area contributed by atoms with Crippen LogP contribution in [0.3, 0.4) is 0 Å². The van der Waals surface area contributed by atoms with E-state index in [-0.39, 0.29) is 0 Å². The van der Waals surface area contributed by atoms with E-state index in [1.807, 2.05) is 11.8 Å². The van der Waals surface area contributed by atoms with Gasteiger partial charge in [0.2, 0.25) is 0 Å². The van der Waals surface area contributed by atoms with E-state index in [9.17, 15) is 0 Å². The Hall–Kier alpha value is -0.960. The van der Waals surface area contributed by atoms with Crippen molar-refractivity contribution in [3.63, 3.8) is 0 Å². The number of halogens is 1. The van der Waals surface area contributed by atoms with E-state index in [1.54, 1.807) is 0 Å². The van der Waals surface area contributed by atoms with E-state index in [0.29, 0.717) is 6.04 Å². The van der Waals surface area contributed by atoms with Gasteiger partial charge in [-0.2, -0.15) is 0 Å². The van der Waals surface area contributed by atoms with Crippen LogP contribution in [0.15, 0.2) is 47.4 Å². The highest BCUT2D eigenvalue weighted by atomic mass is 35.5. The molecule has 0 amide bonds. The van der Waals surface area contributed by atoms with E-state index in [1.165, 1.54) is 16.0 Å². The van der Waals surface area contributed by atoms with Crippen molar-refractivity contribution in [2.24, 2.45) is 0 Å². The zero-order chi connectivity index (χ0) is 15.2. The van der Waals surface area contributed by atoms with Gasteiger partial charge in [-0.05, 0) is 30.2 Å². The second kappa shape index (κ2) is 7.88. The highest BCUT2D eigenvalue weighted by molar-refractivity contribution is 7.98. The van der Waals surface area contributed by atoms with Gasteiger partial charge in [0.1, 0.15) is 0 Å². The molecule has 0 aliphatic carbocycles. The van der Waals surface area contributed by atoms with Crippen LogP contribution in [-0.2, 0) is 12.3 Å². The summed E-state index contributed by atoms with van der Waals surface area (Å²) >= 11 is 8.19. The van der Waals surface area contributed by atoms with Gasteiger partial charge >= 0.3 is 0 Å². The highest BCUT2D eigenvalue weighted by Gasteiger charge is 2.04. The summed E-state index contributed by atoms with van der Waals surface area (Å²) < 4.78 is 0. The summed E-state index contributed by atoms with van der Waals surface area (Å²) in [6, 6.07) is 15.5. The average Bonchev–Trinajstić information content (AvgIpc) is 2.44. The largest absolute Gasteiger partial charge is 0.310 e. The second-order valence-corrected chi connectivity index (χ2v) is 7.02. The maximum atomic E-state index is 6.37. The normalized spacial score (nSPS) is 11.1. The Balaban J connectivity index is 1.97. The first kappa shape index (κ1) is 16.4. The predicted octanol–water partition coefficient (Wildman–Crippen LogP) is 5.44. The lowest BCUT2D eigenvalue weighted by molar-refractivity contribution is 0.589. The van der Waals surface area contributed by atoms with E-state index in [2.05, 4.69) is 68.6 Å².